The van der Waals surface area contributed by atoms with Crippen LogP contribution in [0.5, 0.6) is 0 Å². The Morgan fingerprint density at radius 1 is 1.14 bits per heavy atom. The van der Waals surface area contributed by atoms with E-state index in [-0.39, 0.29) is 5.91 Å². The van der Waals surface area contributed by atoms with Gasteiger partial charge < -0.3 is 4.90 Å². The molecule has 28 heavy (non-hydrogen) atoms. The van der Waals surface area contributed by atoms with Crippen molar-refractivity contribution in [1.82, 2.24) is 24.6 Å². The maximum atomic E-state index is 13.0. The molecular weight excluding hydrogens is 390 g/mol. The number of aromatic nitrogens is 3. The highest BCUT2D eigenvalue weighted by Gasteiger charge is 2.26. The number of piperazine rings is 1. The molecule has 4 rings (SSSR count). The number of carbonyl (C=O) groups is 1. The Morgan fingerprint density at radius 3 is 2.50 bits per heavy atom. The maximum Gasteiger partial charge on any atom is 0.265 e. The smallest absolute Gasteiger partial charge is 0.265 e. The van der Waals surface area contributed by atoms with Crippen molar-refractivity contribution in [3.8, 4) is 10.6 Å². The molecule has 4 heterocycles. The van der Waals surface area contributed by atoms with E-state index in [2.05, 4.69) is 40.3 Å². The Morgan fingerprint density at radius 2 is 1.89 bits per heavy atom. The first-order chi connectivity index (χ1) is 13.4. The molecule has 0 radical (unpaired) electrons. The molecule has 0 bridgehead atoms. The molecule has 3 aromatic heterocycles. The first-order valence-electron chi connectivity index (χ1n) is 9.44. The number of thiazole rings is 1. The van der Waals surface area contributed by atoms with E-state index in [1.54, 1.807) is 11.3 Å². The minimum atomic E-state index is 0.116. The van der Waals surface area contributed by atoms with Crippen LogP contribution in [0.1, 0.15) is 32.3 Å². The van der Waals surface area contributed by atoms with Gasteiger partial charge in [0.2, 0.25) is 0 Å². The molecule has 1 aliphatic heterocycles. The third kappa shape index (κ3) is 3.64. The van der Waals surface area contributed by atoms with Gasteiger partial charge in [0.15, 0.2) is 0 Å². The molecule has 1 amide bonds. The third-order valence-electron chi connectivity index (χ3n) is 5.46. The Kier molecular flexibility index (Phi) is 5.35. The van der Waals surface area contributed by atoms with Crippen molar-refractivity contribution >= 4 is 28.6 Å². The zero-order valence-electron chi connectivity index (χ0n) is 16.7. The van der Waals surface area contributed by atoms with Crippen molar-refractivity contribution in [2.24, 2.45) is 7.05 Å². The van der Waals surface area contributed by atoms with Crippen LogP contribution in [-0.2, 0) is 13.6 Å². The van der Waals surface area contributed by atoms with Crippen LogP contribution in [-0.4, -0.2) is 56.7 Å². The van der Waals surface area contributed by atoms with Gasteiger partial charge in [-0.1, -0.05) is 0 Å². The zero-order valence-corrected chi connectivity index (χ0v) is 18.4. The molecule has 0 spiro atoms. The summed E-state index contributed by atoms with van der Waals surface area (Å²) in [5, 5.41) is 9.56. The summed E-state index contributed by atoms with van der Waals surface area (Å²) in [6.07, 6.45) is 0. The predicted molar refractivity (Wildman–Crippen MR) is 114 cm³/mol. The predicted octanol–water partition coefficient (Wildman–Crippen LogP) is 3.49. The fraction of sp³-hybridized carbons (Fsp3) is 0.450. The molecule has 0 N–H and O–H groups in total. The molecule has 148 valence electrons. The second-order valence-electron chi connectivity index (χ2n) is 7.29. The van der Waals surface area contributed by atoms with E-state index in [4.69, 9.17) is 0 Å². The monoisotopic (exact) mass is 415 g/mol. The van der Waals surface area contributed by atoms with Gasteiger partial charge in [-0.3, -0.25) is 14.4 Å². The number of hydrogen-bond donors (Lipinski definition) is 0. The molecule has 3 aromatic rings. The average Bonchev–Trinajstić information content (AvgIpc) is 3.39. The largest absolute Gasteiger partial charge is 0.335 e. The van der Waals surface area contributed by atoms with Gasteiger partial charge in [-0.2, -0.15) is 16.4 Å². The van der Waals surface area contributed by atoms with Crippen LogP contribution in [0.3, 0.4) is 0 Å². The van der Waals surface area contributed by atoms with E-state index in [1.807, 2.05) is 28.9 Å². The van der Waals surface area contributed by atoms with Crippen molar-refractivity contribution in [2.75, 3.05) is 26.2 Å². The number of amides is 1. The summed E-state index contributed by atoms with van der Waals surface area (Å²) >= 11 is 3.16. The Bertz CT molecular complexity index is 981. The summed E-state index contributed by atoms with van der Waals surface area (Å²) in [5.74, 6) is 0.116. The Balaban J connectivity index is 1.40. The summed E-state index contributed by atoms with van der Waals surface area (Å²) in [7, 11) is 1.99. The van der Waals surface area contributed by atoms with Crippen molar-refractivity contribution in [3.05, 3.63) is 44.3 Å². The van der Waals surface area contributed by atoms with E-state index in [9.17, 15) is 4.79 Å². The molecular formula is C20H25N5OS2. The molecule has 0 unspecified atom stereocenters. The second kappa shape index (κ2) is 7.77. The van der Waals surface area contributed by atoms with Crippen LogP contribution in [0, 0.1) is 20.8 Å². The lowest BCUT2D eigenvalue weighted by molar-refractivity contribution is 0.0631. The molecule has 1 fully saturated rings. The number of hydrogen-bond acceptors (Lipinski definition) is 6. The van der Waals surface area contributed by atoms with Crippen molar-refractivity contribution in [3.63, 3.8) is 0 Å². The van der Waals surface area contributed by atoms with Crippen LogP contribution in [0.4, 0.5) is 0 Å². The summed E-state index contributed by atoms with van der Waals surface area (Å²) in [6.45, 7) is 10.3. The quantitative estimate of drug-likeness (QED) is 0.655. The van der Waals surface area contributed by atoms with Crippen LogP contribution in [0.25, 0.3) is 10.6 Å². The van der Waals surface area contributed by atoms with Gasteiger partial charge in [-0.25, -0.2) is 4.98 Å². The van der Waals surface area contributed by atoms with E-state index in [0.717, 1.165) is 59.6 Å². The topological polar surface area (TPSA) is 54.3 Å². The third-order valence-corrected chi connectivity index (χ3v) is 7.34. The average molecular weight is 416 g/mol. The van der Waals surface area contributed by atoms with Crippen LogP contribution in [0.15, 0.2) is 16.8 Å². The van der Waals surface area contributed by atoms with Crippen LogP contribution in [0.2, 0.25) is 0 Å². The summed E-state index contributed by atoms with van der Waals surface area (Å²) in [6, 6.07) is 2.05. The van der Waals surface area contributed by atoms with Gasteiger partial charge >= 0.3 is 0 Å². The van der Waals surface area contributed by atoms with Gasteiger partial charge in [0.1, 0.15) is 9.88 Å². The number of nitrogens with zero attached hydrogens (tertiary/aromatic N) is 5. The van der Waals surface area contributed by atoms with E-state index in [0.29, 0.717) is 0 Å². The lowest BCUT2D eigenvalue weighted by Gasteiger charge is -2.34. The van der Waals surface area contributed by atoms with Gasteiger partial charge in [0.05, 0.1) is 11.4 Å². The first kappa shape index (κ1) is 19.3. The van der Waals surface area contributed by atoms with Crippen LogP contribution < -0.4 is 0 Å². The van der Waals surface area contributed by atoms with E-state index in [1.165, 1.54) is 22.6 Å². The van der Waals surface area contributed by atoms with Gasteiger partial charge in [0.25, 0.3) is 5.91 Å². The number of thiophene rings is 1. The van der Waals surface area contributed by atoms with Crippen LogP contribution >= 0.6 is 22.7 Å². The highest BCUT2D eigenvalue weighted by atomic mass is 32.1. The molecule has 1 aliphatic rings. The maximum absolute atomic E-state index is 13.0. The summed E-state index contributed by atoms with van der Waals surface area (Å²) in [5.41, 5.74) is 5.56. The lowest BCUT2D eigenvalue weighted by Crippen LogP contribution is -2.48. The number of rotatable bonds is 4. The lowest BCUT2D eigenvalue weighted by atomic mass is 10.1. The Hall–Kier alpha value is -2.03. The van der Waals surface area contributed by atoms with E-state index >= 15 is 0 Å². The van der Waals surface area contributed by atoms with Crippen molar-refractivity contribution < 1.29 is 4.79 Å². The highest BCUT2D eigenvalue weighted by molar-refractivity contribution is 7.17. The van der Waals surface area contributed by atoms with Gasteiger partial charge in [-0.05, 0) is 32.2 Å². The molecule has 0 atom stereocenters. The minimum absolute atomic E-state index is 0.116. The molecule has 8 heteroatoms. The zero-order chi connectivity index (χ0) is 19.8. The molecule has 0 aromatic carbocycles. The van der Waals surface area contributed by atoms with Crippen molar-refractivity contribution in [1.29, 1.82) is 0 Å². The summed E-state index contributed by atoms with van der Waals surface area (Å²) in [4.78, 5) is 22.8. The van der Waals surface area contributed by atoms with Crippen molar-refractivity contribution in [2.45, 2.75) is 27.3 Å². The van der Waals surface area contributed by atoms with Gasteiger partial charge in [0, 0.05) is 62.0 Å². The second-order valence-corrected chi connectivity index (χ2v) is 9.07. The van der Waals surface area contributed by atoms with E-state index < -0.39 is 0 Å². The first-order valence-corrected chi connectivity index (χ1v) is 11.2. The standard InChI is InChI=1S/C20H25N5OS2/c1-13-17(15(3)23(4)22-13)11-24-6-8-25(9-7-24)20(26)18-14(2)21-19(28-18)16-5-10-27-12-16/h5,10,12H,6-9,11H2,1-4H3. The summed E-state index contributed by atoms with van der Waals surface area (Å²) < 4.78 is 1.95. The molecule has 6 nitrogen and oxygen atoms in total. The minimum Gasteiger partial charge on any atom is -0.335 e. The van der Waals surface area contributed by atoms with Gasteiger partial charge in [-0.15, -0.1) is 11.3 Å². The molecule has 1 saturated heterocycles. The normalized spacial score (nSPS) is 15.4. The number of aryl methyl sites for hydroxylation is 3. The number of carbonyl (C=O) groups excluding carboxylic acids is 1. The fourth-order valence-electron chi connectivity index (χ4n) is 3.63. The highest BCUT2D eigenvalue weighted by Crippen LogP contribution is 2.30. The molecule has 0 aliphatic carbocycles. The molecule has 0 saturated carbocycles. The fourth-order valence-corrected chi connectivity index (χ4v) is 5.37. The Labute approximate surface area is 173 Å². The SMILES string of the molecule is Cc1nc(-c2ccsc2)sc1C(=O)N1CCN(Cc2c(C)nn(C)c2C)CC1.